The topological polar surface area (TPSA) is 15.3 Å². The fraction of sp³-hybridized carbons (Fsp3) is 0.400. The predicted octanol–water partition coefficient (Wildman–Crippen LogP) is 3.95. The molecule has 0 bridgehead atoms. The number of nitrogens with one attached hydrogen (secondary N) is 1. The molecule has 0 unspecified atom stereocenters. The van der Waals surface area contributed by atoms with Crippen LogP contribution >= 0.6 is 0 Å². The summed E-state index contributed by atoms with van der Waals surface area (Å²) in [6.07, 6.45) is 0. The minimum Gasteiger partial charge on any atom is -0.309 e. The fourth-order valence-electron chi connectivity index (χ4n) is 3.01. The molecule has 2 aromatic rings. The van der Waals surface area contributed by atoms with E-state index in [9.17, 15) is 0 Å². The maximum atomic E-state index is 3.77. The molecule has 0 aliphatic heterocycles. The summed E-state index contributed by atoms with van der Waals surface area (Å²) in [7, 11) is 4.27. The second-order valence-corrected chi connectivity index (χ2v) is 7.04. The van der Waals surface area contributed by atoms with E-state index >= 15 is 0 Å². The van der Waals surface area contributed by atoms with Gasteiger partial charge in [0.15, 0.2) is 0 Å². The summed E-state index contributed by atoms with van der Waals surface area (Å²) >= 11 is 0. The van der Waals surface area contributed by atoms with Gasteiger partial charge in [0.05, 0.1) is 6.04 Å². The Hall–Kier alpha value is -1.64. The van der Waals surface area contributed by atoms with E-state index in [4.69, 9.17) is 0 Å². The molecule has 0 aliphatic carbocycles. The molecule has 0 radical (unpaired) electrons. The third kappa shape index (κ3) is 4.97. The van der Waals surface area contributed by atoms with Crippen molar-refractivity contribution >= 4 is 0 Å². The highest BCUT2D eigenvalue weighted by molar-refractivity contribution is 5.31. The number of hydrogen-bond donors (Lipinski definition) is 1. The van der Waals surface area contributed by atoms with E-state index in [0.717, 1.165) is 13.1 Å². The first-order valence-electron chi connectivity index (χ1n) is 7.96. The first kappa shape index (κ1) is 16.7. The molecular formula is C20H28N2. The largest absolute Gasteiger partial charge is 0.309 e. The maximum absolute atomic E-state index is 3.77. The lowest BCUT2D eigenvalue weighted by atomic mass is 9.91. The van der Waals surface area contributed by atoms with Crippen LogP contribution in [0.25, 0.3) is 0 Å². The van der Waals surface area contributed by atoms with Crippen molar-refractivity contribution in [1.82, 2.24) is 10.2 Å². The Labute approximate surface area is 135 Å². The van der Waals surface area contributed by atoms with Gasteiger partial charge in [-0.2, -0.15) is 0 Å². The van der Waals surface area contributed by atoms with E-state index in [-0.39, 0.29) is 11.5 Å². The van der Waals surface area contributed by atoms with Crippen LogP contribution in [-0.4, -0.2) is 32.1 Å². The zero-order valence-corrected chi connectivity index (χ0v) is 14.2. The van der Waals surface area contributed by atoms with Crippen LogP contribution < -0.4 is 5.32 Å². The summed E-state index contributed by atoms with van der Waals surface area (Å²) in [5.74, 6) is 0. The molecule has 0 saturated carbocycles. The molecule has 0 saturated heterocycles. The molecule has 22 heavy (non-hydrogen) atoms. The molecule has 0 aromatic heterocycles. The number of benzene rings is 2. The van der Waals surface area contributed by atoms with Crippen molar-refractivity contribution in [2.24, 2.45) is 5.41 Å². The van der Waals surface area contributed by atoms with Gasteiger partial charge in [0.25, 0.3) is 0 Å². The van der Waals surface area contributed by atoms with Crippen molar-refractivity contribution in [3.8, 4) is 0 Å². The lowest BCUT2D eigenvalue weighted by Crippen LogP contribution is -2.39. The van der Waals surface area contributed by atoms with Crippen LogP contribution in [0, 0.1) is 5.41 Å². The summed E-state index contributed by atoms with van der Waals surface area (Å²) in [5.41, 5.74) is 2.86. The van der Waals surface area contributed by atoms with E-state index in [1.54, 1.807) is 0 Å². The Balaban J connectivity index is 2.16. The lowest BCUT2D eigenvalue weighted by molar-refractivity contribution is 0.228. The van der Waals surface area contributed by atoms with Gasteiger partial charge in [-0.3, -0.25) is 0 Å². The first-order chi connectivity index (χ1) is 10.5. The van der Waals surface area contributed by atoms with Crippen LogP contribution in [0.3, 0.4) is 0 Å². The summed E-state index contributed by atoms with van der Waals surface area (Å²) in [4.78, 5) is 2.25. The summed E-state index contributed by atoms with van der Waals surface area (Å²) < 4.78 is 0. The van der Waals surface area contributed by atoms with Crippen LogP contribution in [0.1, 0.15) is 31.0 Å². The third-order valence-corrected chi connectivity index (χ3v) is 3.79. The Morgan fingerprint density at radius 3 is 1.73 bits per heavy atom. The molecule has 118 valence electrons. The van der Waals surface area contributed by atoms with Gasteiger partial charge in [-0.15, -0.1) is 0 Å². The van der Waals surface area contributed by atoms with Gasteiger partial charge in [0.1, 0.15) is 0 Å². The normalized spacial score (nSPS) is 12.1. The second-order valence-electron chi connectivity index (χ2n) is 7.04. The molecule has 2 nitrogen and oxygen atoms in total. The van der Waals surface area contributed by atoms with Crippen LogP contribution in [0.2, 0.25) is 0 Å². The SMILES string of the molecule is CN(C)CC(C)(C)CNC(c1ccccc1)c1ccccc1. The summed E-state index contributed by atoms with van der Waals surface area (Å²) in [6, 6.07) is 21.6. The van der Waals surface area contributed by atoms with Gasteiger partial charge in [-0.25, -0.2) is 0 Å². The lowest BCUT2D eigenvalue weighted by Gasteiger charge is -2.31. The molecule has 0 atom stereocenters. The van der Waals surface area contributed by atoms with Crippen molar-refractivity contribution in [2.75, 3.05) is 27.2 Å². The molecular weight excluding hydrogens is 268 g/mol. The summed E-state index contributed by atoms with van der Waals surface area (Å²) in [5, 5.41) is 3.77. The van der Waals surface area contributed by atoms with Gasteiger partial charge in [-0.05, 0) is 30.6 Å². The third-order valence-electron chi connectivity index (χ3n) is 3.79. The fourth-order valence-corrected chi connectivity index (χ4v) is 3.01. The number of rotatable bonds is 7. The molecule has 2 rings (SSSR count). The van der Waals surface area contributed by atoms with Crippen molar-refractivity contribution in [2.45, 2.75) is 19.9 Å². The van der Waals surface area contributed by atoms with E-state index in [1.807, 2.05) is 0 Å². The summed E-state index contributed by atoms with van der Waals surface area (Å²) in [6.45, 7) is 6.66. The molecule has 2 heteroatoms. The van der Waals surface area contributed by atoms with Crippen LogP contribution in [0.15, 0.2) is 60.7 Å². The van der Waals surface area contributed by atoms with Crippen molar-refractivity contribution < 1.29 is 0 Å². The predicted molar refractivity (Wildman–Crippen MR) is 95.1 cm³/mol. The Bertz CT molecular complexity index is 507. The first-order valence-corrected chi connectivity index (χ1v) is 7.96. The van der Waals surface area contributed by atoms with Gasteiger partial charge in [0.2, 0.25) is 0 Å². The highest BCUT2D eigenvalue weighted by atomic mass is 15.1. The monoisotopic (exact) mass is 296 g/mol. The molecule has 0 aliphatic rings. The molecule has 0 heterocycles. The van der Waals surface area contributed by atoms with Gasteiger partial charge < -0.3 is 10.2 Å². The zero-order chi connectivity index (χ0) is 16.0. The highest BCUT2D eigenvalue weighted by Gasteiger charge is 2.22. The van der Waals surface area contributed by atoms with Crippen LogP contribution in [0.4, 0.5) is 0 Å². The molecule has 0 fully saturated rings. The molecule has 2 aromatic carbocycles. The zero-order valence-electron chi connectivity index (χ0n) is 14.2. The maximum Gasteiger partial charge on any atom is 0.0576 e. The average Bonchev–Trinajstić information content (AvgIpc) is 2.48. The van der Waals surface area contributed by atoms with Crippen molar-refractivity contribution in [3.05, 3.63) is 71.8 Å². The minimum absolute atomic E-state index is 0.227. The van der Waals surface area contributed by atoms with E-state index in [1.165, 1.54) is 11.1 Å². The molecule has 0 amide bonds. The molecule has 0 spiro atoms. The van der Waals surface area contributed by atoms with Gasteiger partial charge in [-0.1, -0.05) is 74.5 Å². The van der Waals surface area contributed by atoms with Crippen molar-refractivity contribution in [3.63, 3.8) is 0 Å². The van der Waals surface area contributed by atoms with Crippen molar-refractivity contribution in [1.29, 1.82) is 0 Å². The standard InChI is InChI=1S/C20H28N2/c1-20(2,16-22(3)4)15-21-19(17-11-7-5-8-12-17)18-13-9-6-10-14-18/h5-14,19,21H,15-16H2,1-4H3. The number of hydrogen-bond acceptors (Lipinski definition) is 2. The van der Waals surface area contributed by atoms with Crippen LogP contribution in [-0.2, 0) is 0 Å². The smallest absolute Gasteiger partial charge is 0.0576 e. The minimum atomic E-state index is 0.227. The Morgan fingerprint density at radius 2 is 1.32 bits per heavy atom. The quantitative estimate of drug-likeness (QED) is 0.832. The Kier molecular flexibility index (Phi) is 5.76. The van der Waals surface area contributed by atoms with Gasteiger partial charge >= 0.3 is 0 Å². The van der Waals surface area contributed by atoms with E-state index < -0.39 is 0 Å². The average molecular weight is 296 g/mol. The number of nitrogens with zero attached hydrogens (tertiary/aromatic N) is 1. The van der Waals surface area contributed by atoms with E-state index in [0.29, 0.717) is 0 Å². The van der Waals surface area contributed by atoms with Gasteiger partial charge in [0, 0.05) is 13.1 Å². The Morgan fingerprint density at radius 1 is 0.864 bits per heavy atom. The second kappa shape index (κ2) is 7.57. The highest BCUT2D eigenvalue weighted by Crippen LogP contribution is 2.24. The van der Waals surface area contributed by atoms with Crippen LogP contribution in [0.5, 0.6) is 0 Å². The molecule has 1 N–H and O–H groups in total. The van der Waals surface area contributed by atoms with E-state index in [2.05, 4.69) is 98.8 Å².